The van der Waals surface area contributed by atoms with Crippen LogP contribution in [-0.4, -0.2) is 22.7 Å². The minimum atomic E-state index is 0.339. The molecule has 0 heterocycles. The van der Waals surface area contributed by atoms with Crippen molar-refractivity contribution >= 4 is 11.8 Å². The highest BCUT2D eigenvalue weighted by atomic mass is 32.2. The van der Waals surface area contributed by atoms with Gasteiger partial charge in [-0.05, 0) is 18.6 Å². The molecule has 0 saturated heterocycles. The SMILES string of the molecule is CCCCCCCCCCCCSC(C)CCO. The molecule has 0 amide bonds. The van der Waals surface area contributed by atoms with E-state index < -0.39 is 0 Å². The summed E-state index contributed by atoms with van der Waals surface area (Å²) in [5.74, 6) is 1.28. The molecule has 0 fully saturated rings. The number of aliphatic hydroxyl groups is 1. The van der Waals surface area contributed by atoms with Crippen molar-refractivity contribution in [1.29, 1.82) is 0 Å². The number of rotatable bonds is 14. The minimum absolute atomic E-state index is 0.339. The van der Waals surface area contributed by atoms with Crippen LogP contribution in [0.15, 0.2) is 0 Å². The van der Waals surface area contributed by atoms with E-state index in [0.717, 1.165) is 6.42 Å². The molecule has 0 saturated carbocycles. The van der Waals surface area contributed by atoms with Gasteiger partial charge in [0.1, 0.15) is 0 Å². The van der Waals surface area contributed by atoms with Crippen LogP contribution in [0.5, 0.6) is 0 Å². The molecule has 0 aliphatic carbocycles. The van der Waals surface area contributed by atoms with Gasteiger partial charge in [0, 0.05) is 11.9 Å². The molecule has 0 radical (unpaired) electrons. The van der Waals surface area contributed by atoms with Gasteiger partial charge in [0.2, 0.25) is 0 Å². The summed E-state index contributed by atoms with van der Waals surface area (Å²) in [5.41, 5.74) is 0. The maximum absolute atomic E-state index is 8.80. The molecule has 0 aromatic carbocycles. The molecule has 0 aliphatic heterocycles. The smallest absolute Gasteiger partial charge is 0.0441 e. The van der Waals surface area contributed by atoms with Crippen molar-refractivity contribution in [2.75, 3.05) is 12.4 Å². The molecule has 110 valence electrons. The lowest BCUT2D eigenvalue weighted by molar-refractivity contribution is 0.289. The predicted octanol–water partition coefficient (Wildman–Crippen LogP) is 5.41. The highest BCUT2D eigenvalue weighted by Crippen LogP contribution is 2.17. The first kappa shape index (κ1) is 18.3. The first-order valence-electron chi connectivity index (χ1n) is 8.03. The molecule has 1 N–H and O–H groups in total. The van der Waals surface area contributed by atoms with E-state index in [0.29, 0.717) is 11.9 Å². The van der Waals surface area contributed by atoms with Gasteiger partial charge in [0.15, 0.2) is 0 Å². The zero-order chi connectivity index (χ0) is 13.5. The average molecular weight is 275 g/mol. The van der Waals surface area contributed by atoms with Gasteiger partial charge < -0.3 is 5.11 Å². The van der Waals surface area contributed by atoms with E-state index in [1.165, 1.54) is 70.0 Å². The lowest BCUT2D eigenvalue weighted by atomic mass is 10.1. The van der Waals surface area contributed by atoms with Gasteiger partial charge in [-0.2, -0.15) is 11.8 Å². The number of thioether (sulfide) groups is 1. The zero-order valence-electron chi connectivity index (χ0n) is 12.6. The Kier molecular flexibility index (Phi) is 15.6. The van der Waals surface area contributed by atoms with Crippen molar-refractivity contribution in [2.45, 2.75) is 89.7 Å². The van der Waals surface area contributed by atoms with Gasteiger partial charge in [0.25, 0.3) is 0 Å². The molecule has 1 atom stereocenters. The van der Waals surface area contributed by atoms with Crippen molar-refractivity contribution in [3.63, 3.8) is 0 Å². The van der Waals surface area contributed by atoms with Crippen molar-refractivity contribution in [1.82, 2.24) is 0 Å². The van der Waals surface area contributed by atoms with Crippen LogP contribution >= 0.6 is 11.8 Å². The molecule has 0 aromatic heterocycles. The second kappa shape index (κ2) is 15.4. The Hall–Kier alpha value is 0.310. The Morgan fingerprint density at radius 1 is 0.833 bits per heavy atom. The summed E-state index contributed by atoms with van der Waals surface area (Å²) < 4.78 is 0. The molecular weight excluding hydrogens is 240 g/mol. The lowest BCUT2D eigenvalue weighted by Crippen LogP contribution is -2.00. The van der Waals surface area contributed by atoms with Crippen molar-refractivity contribution in [3.05, 3.63) is 0 Å². The molecule has 0 bridgehead atoms. The van der Waals surface area contributed by atoms with Crippen LogP contribution in [0.1, 0.15) is 84.5 Å². The van der Waals surface area contributed by atoms with E-state index >= 15 is 0 Å². The Bertz CT molecular complexity index is 150. The minimum Gasteiger partial charge on any atom is -0.396 e. The zero-order valence-corrected chi connectivity index (χ0v) is 13.4. The van der Waals surface area contributed by atoms with Crippen LogP contribution in [0, 0.1) is 0 Å². The van der Waals surface area contributed by atoms with Gasteiger partial charge in [-0.1, -0.05) is 71.6 Å². The van der Waals surface area contributed by atoms with Crippen LogP contribution in [0.3, 0.4) is 0 Å². The van der Waals surface area contributed by atoms with E-state index in [9.17, 15) is 0 Å². The molecule has 0 rings (SSSR count). The normalized spacial score (nSPS) is 12.8. The average Bonchev–Trinajstić information content (AvgIpc) is 2.36. The third-order valence-electron chi connectivity index (χ3n) is 3.44. The first-order chi connectivity index (χ1) is 8.81. The van der Waals surface area contributed by atoms with Gasteiger partial charge >= 0.3 is 0 Å². The van der Waals surface area contributed by atoms with Crippen LogP contribution in [0.25, 0.3) is 0 Å². The summed E-state index contributed by atoms with van der Waals surface area (Å²) in [5, 5.41) is 9.43. The van der Waals surface area contributed by atoms with Crippen LogP contribution in [0.4, 0.5) is 0 Å². The third-order valence-corrected chi connectivity index (χ3v) is 4.77. The Morgan fingerprint density at radius 2 is 1.33 bits per heavy atom. The molecule has 1 nitrogen and oxygen atoms in total. The topological polar surface area (TPSA) is 20.2 Å². The van der Waals surface area contributed by atoms with Gasteiger partial charge in [-0.15, -0.1) is 0 Å². The fraction of sp³-hybridized carbons (Fsp3) is 1.00. The summed E-state index contributed by atoms with van der Waals surface area (Å²) in [7, 11) is 0. The van der Waals surface area contributed by atoms with Crippen molar-refractivity contribution in [3.8, 4) is 0 Å². The number of hydrogen-bond donors (Lipinski definition) is 1. The second-order valence-electron chi connectivity index (χ2n) is 5.38. The summed E-state index contributed by atoms with van der Waals surface area (Å²) >= 11 is 2.02. The van der Waals surface area contributed by atoms with Gasteiger partial charge in [-0.25, -0.2) is 0 Å². The molecular formula is C16H34OS. The summed E-state index contributed by atoms with van der Waals surface area (Å²) in [6, 6.07) is 0. The van der Waals surface area contributed by atoms with Crippen LogP contribution in [0.2, 0.25) is 0 Å². The van der Waals surface area contributed by atoms with Crippen LogP contribution in [-0.2, 0) is 0 Å². The number of aliphatic hydroxyl groups excluding tert-OH is 1. The maximum atomic E-state index is 8.80. The monoisotopic (exact) mass is 274 g/mol. The maximum Gasteiger partial charge on any atom is 0.0441 e. The molecule has 0 aliphatic rings. The second-order valence-corrected chi connectivity index (χ2v) is 6.92. The molecule has 2 heteroatoms. The van der Waals surface area contributed by atoms with Gasteiger partial charge in [0.05, 0.1) is 0 Å². The van der Waals surface area contributed by atoms with E-state index in [2.05, 4.69) is 13.8 Å². The van der Waals surface area contributed by atoms with E-state index in [-0.39, 0.29) is 0 Å². The standard InChI is InChI=1S/C16H34OS/c1-3-4-5-6-7-8-9-10-11-12-15-18-16(2)13-14-17/h16-17H,3-15H2,1-2H3. The summed E-state index contributed by atoms with van der Waals surface area (Å²) in [6.45, 7) is 4.84. The van der Waals surface area contributed by atoms with Gasteiger partial charge in [-0.3, -0.25) is 0 Å². The molecule has 18 heavy (non-hydrogen) atoms. The van der Waals surface area contributed by atoms with Crippen molar-refractivity contribution < 1.29 is 5.11 Å². The number of unbranched alkanes of at least 4 members (excludes halogenated alkanes) is 9. The molecule has 0 aromatic rings. The third kappa shape index (κ3) is 14.4. The highest BCUT2D eigenvalue weighted by molar-refractivity contribution is 7.99. The van der Waals surface area contributed by atoms with Crippen LogP contribution < -0.4 is 0 Å². The number of hydrogen-bond acceptors (Lipinski definition) is 2. The predicted molar refractivity (Wildman–Crippen MR) is 85.5 cm³/mol. The Balaban J connectivity index is 2.98. The van der Waals surface area contributed by atoms with Crippen molar-refractivity contribution in [2.24, 2.45) is 0 Å². The fourth-order valence-electron chi connectivity index (χ4n) is 2.14. The first-order valence-corrected chi connectivity index (χ1v) is 9.08. The molecule has 0 spiro atoms. The largest absolute Gasteiger partial charge is 0.396 e. The van der Waals surface area contributed by atoms with E-state index in [1.54, 1.807) is 0 Å². The molecule has 1 unspecified atom stereocenters. The quantitative estimate of drug-likeness (QED) is 0.427. The van der Waals surface area contributed by atoms with E-state index in [4.69, 9.17) is 5.11 Å². The summed E-state index contributed by atoms with van der Waals surface area (Å²) in [6.07, 6.45) is 15.1. The fourth-order valence-corrected chi connectivity index (χ4v) is 3.18. The lowest BCUT2D eigenvalue weighted by Gasteiger charge is -2.08. The van der Waals surface area contributed by atoms with E-state index in [1.807, 2.05) is 11.8 Å². The Labute approximate surface area is 119 Å². The Morgan fingerprint density at radius 3 is 1.83 bits per heavy atom. The highest BCUT2D eigenvalue weighted by Gasteiger charge is 2.00. The summed E-state index contributed by atoms with van der Waals surface area (Å²) in [4.78, 5) is 0.